The fraction of sp³-hybridized carbons (Fsp3) is 0.727. The van der Waals surface area contributed by atoms with E-state index in [2.05, 4.69) is 4.99 Å². The maximum Gasteiger partial charge on any atom is 0.0277 e. The highest BCUT2D eigenvalue weighted by molar-refractivity contribution is 5.77. The van der Waals surface area contributed by atoms with Gasteiger partial charge in [0.1, 0.15) is 0 Å². The summed E-state index contributed by atoms with van der Waals surface area (Å²) in [5.74, 6) is 0. The molecule has 0 aromatic rings. The average Bonchev–Trinajstić information content (AvgIpc) is 1.63. The molecule has 0 fully saturated rings. The van der Waals surface area contributed by atoms with Crippen molar-refractivity contribution in [3.8, 4) is 0 Å². The van der Waals surface area contributed by atoms with E-state index in [4.69, 9.17) is 0 Å². The zero-order valence-corrected chi connectivity index (χ0v) is 6.55. The van der Waals surface area contributed by atoms with Gasteiger partial charge in [-0.2, -0.15) is 0 Å². The van der Waals surface area contributed by atoms with Crippen molar-refractivity contribution in [2.75, 3.05) is 21.1 Å². The Morgan fingerprint density at radius 3 is 1.69 bits per heavy atom. The maximum atomic E-state index is 3.87. The van der Waals surface area contributed by atoms with E-state index in [1.54, 1.807) is 7.05 Å². The van der Waals surface area contributed by atoms with Crippen molar-refractivity contribution >= 4 is 6.21 Å². The lowest BCUT2D eigenvalue weighted by molar-refractivity contribution is 0.561. The van der Waals surface area contributed by atoms with Gasteiger partial charge in [0.05, 0.1) is 0 Å². The van der Waals surface area contributed by atoms with Gasteiger partial charge in [0.25, 0.3) is 0 Å². The molecule has 0 aromatic carbocycles. The summed E-state index contributed by atoms with van der Waals surface area (Å²) in [7, 11) is 5.76. The Morgan fingerprint density at radius 2 is 1.46 bits per heavy atom. The molecule has 0 unspecified atom stereocenters. The molecule has 0 atom stereocenters. The third kappa shape index (κ3) is 24.7. The number of rotatable bonds is 2. The summed E-state index contributed by atoms with van der Waals surface area (Å²) < 4.78 is 0. The van der Waals surface area contributed by atoms with Gasteiger partial charge >= 0.3 is 0 Å². The minimum Gasteiger partial charge on any atom is -0.383 e. The molecule has 0 amide bonds. The Hall–Kier alpha value is -0.790. The third-order valence-corrected chi connectivity index (χ3v) is 0.795. The van der Waals surface area contributed by atoms with Gasteiger partial charge in [0.2, 0.25) is 0 Å². The summed E-state index contributed by atoms with van der Waals surface area (Å²) in [4.78, 5) is 5.87. The summed E-state index contributed by atoms with van der Waals surface area (Å²) in [6, 6.07) is 0. The molecule has 2 heteroatoms. The summed E-state index contributed by atoms with van der Waals surface area (Å²) >= 11 is 0. The highest BCUT2D eigenvalue weighted by Gasteiger charge is 1.80. The van der Waals surface area contributed by atoms with Crippen LogP contribution in [0.25, 0.3) is 0 Å². The lowest BCUT2D eigenvalue weighted by atomic mass is 10.3. The van der Waals surface area contributed by atoms with Crippen LogP contribution in [-0.4, -0.2) is 32.3 Å². The second kappa shape index (κ2) is 17.3. The molecule has 0 aliphatic rings. The first-order valence-electron chi connectivity index (χ1n) is 2.94. The number of allylic oxidation sites excluding steroid dienone is 1. The number of nitrogens with zero attached hydrogens (tertiary/aromatic N) is 2. The molecule has 13 heavy (non-hydrogen) atoms. The van der Waals surface area contributed by atoms with E-state index < -0.39 is 0 Å². The van der Waals surface area contributed by atoms with E-state index in [-0.39, 0.29) is 29.7 Å². The van der Waals surface area contributed by atoms with Gasteiger partial charge in [-0.05, 0) is 12.5 Å². The van der Waals surface area contributed by atoms with Crippen LogP contribution in [0.3, 0.4) is 0 Å². The highest BCUT2D eigenvalue weighted by atomic mass is 15.0. The molecule has 0 rings (SSSR count). The van der Waals surface area contributed by atoms with Crippen LogP contribution < -0.4 is 0 Å². The van der Waals surface area contributed by atoms with E-state index in [9.17, 15) is 0 Å². The van der Waals surface area contributed by atoms with Crippen LogP contribution >= 0.6 is 0 Å². The van der Waals surface area contributed by atoms with Gasteiger partial charge in [-0.15, -0.1) is 0 Å². The second-order valence-corrected chi connectivity index (χ2v) is 2.22. The molecule has 0 aliphatic heterocycles. The fourth-order valence-electron chi connectivity index (χ4n) is 0.644. The Balaban J connectivity index is -0.0000000533. The molecule has 0 N–H and O–H groups in total. The number of aliphatic imine (C=N–C) groups is 1. The van der Waals surface area contributed by atoms with Crippen molar-refractivity contribution in [3.05, 3.63) is 11.8 Å². The van der Waals surface area contributed by atoms with Crippen molar-refractivity contribution in [2.45, 2.75) is 36.6 Å². The molecule has 2 nitrogen and oxygen atoms in total. The van der Waals surface area contributed by atoms with E-state index >= 15 is 0 Å². The standard InChI is InChI=1S/C7H14N2.4CH4/c1-7(5-8-2)6-9(3)4;;;;/h5-6H,1-4H3;4*1H4/b7-6+,8-5?;;;;. The van der Waals surface area contributed by atoms with E-state index in [1.807, 2.05) is 38.3 Å². The first-order chi connectivity index (χ1) is 4.16. The van der Waals surface area contributed by atoms with Gasteiger partial charge in [-0.3, -0.25) is 4.99 Å². The minimum atomic E-state index is 0. The van der Waals surface area contributed by atoms with Crippen LogP contribution in [0.1, 0.15) is 36.6 Å². The van der Waals surface area contributed by atoms with Crippen LogP contribution in [0.4, 0.5) is 0 Å². The smallest absolute Gasteiger partial charge is 0.0277 e. The number of hydrogen-bond acceptors (Lipinski definition) is 2. The van der Waals surface area contributed by atoms with Gasteiger partial charge < -0.3 is 4.90 Å². The van der Waals surface area contributed by atoms with Gasteiger partial charge in [-0.25, -0.2) is 0 Å². The molecule has 0 radical (unpaired) electrons. The predicted octanol–water partition coefficient (Wildman–Crippen LogP) is 3.70. The molecule has 0 spiro atoms. The van der Waals surface area contributed by atoms with E-state index in [1.165, 1.54) is 5.57 Å². The van der Waals surface area contributed by atoms with Crippen molar-refractivity contribution in [2.24, 2.45) is 4.99 Å². The van der Waals surface area contributed by atoms with Crippen LogP contribution in [0.5, 0.6) is 0 Å². The molecular formula is C11H30N2. The molecule has 0 saturated heterocycles. The molecule has 0 bridgehead atoms. The Bertz CT molecular complexity index is 124. The van der Waals surface area contributed by atoms with Gasteiger partial charge in [0.15, 0.2) is 0 Å². The molecule has 0 saturated carbocycles. The van der Waals surface area contributed by atoms with Crippen LogP contribution in [-0.2, 0) is 0 Å². The maximum absolute atomic E-state index is 3.87. The average molecular weight is 190 g/mol. The third-order valence-electron chi connectivity index (χ3n) is 0.795. The summed E-state index contributed by atoms with van der Waals surface area (Å²) in [5, 5.41) is 0. The zero-order chi connectivity index (χ0) is 7.28. The normalized spacial score (nSPS) is 8.77. The fourth-order valence-corrected chi connectivity index (χ4v) is 0.644. The van der Waals surface area contributed by atoms with Crippen LogP contribution in [0, 0.1) is 0 Å². The van der Waals surface area contributed by atoms with Crippen molar-refractivity contribution in [3.63, 3.8) is 0 Å². The van der Waals surface area contributed by atoms with E-state index in [0.29, 0.717) is 0 Å². The topological polar surface area (TPSA) is 15.6 Å². The summed E-state index contributed by atoms with van der Waals surface area (Å²) in [6.07, 6.45) is 3.85. The lowest BCUT2D eigenvalue weighted by Gasteiger charge is -2.03. The first kappa shape index (κ1) is 29.5. The lowest BCUT2D eigenvalue weighted by Crippen LogP contribution is -2.02. The largest absolute Gasteiger partial charge is 0.383 e. The van der Waals surface area contributed by atoms with Gasteiger partial charge in [-0.1, -0.05) is 29.7 Å². The predicted molar refractivity (Wildman–Crippen MR) is 68.8 cm³/mol. The molecule has 84 valence electrons. The summed E-state index contributed by atoms with van der Waals surface area (Å²) in [6.45, 7) is 2.02. The summed E-state index contributed by atoms with van der Waals surface area (Å²) in [5.41, 5.74) is 1.17. The van der Waals surface area contributed by atoms with E-state index in [0.717, 1.165) is 0 Å². The van der Waals surface area contributed by atoms with Gasteiger partial charge in [0, 0.05) is 33.6 Å². The monoisotopic (exact) mass is 190 g/mol. The molecule has 0 aromatic heterocycles. The van der Waals surface area contributed by atoms with Crippen molar-refractivity contribution in [1.29, 1.82) is 0 Å². The van der Waals surface area contributed by atoms with Crippen molar-refractivity contribution in [1.82, 2.24) is 4.90 Å². The quantitative estimate of drug-likeness (QED) is 0.606. The molecule has 0 heterocycles. The number of hydrogen-bond donors (Lipinski definition) is 0. The molecular weight excluding hydrogens is 160 g/mol. The first-order valence-corrected chi connectivity index (χ1v) is 2.94. The Morgan fingerprint density at radius 1 is 1.08 bits per heavy atom. The second-order valence-electron chi connectivity index (χ2n) is 2.22. The SMILES string of the molecule is C.C.C.C.CN=C/C(C)=C/N(C)C. The van der Waals surface area contributed by atoms with Crippen LogP contribution in [0.15, 0.2) is 16.8 Å². The zero-order valence-electron chi connectivity index (χ0n) is 6.55. The Labute approximate surface area is 86.4 Å². The highest BCUT2D eigenvalue weighted by Crippen LogP contribution is 1.87. The van der Waals surface area contributed by atoms with Crippen molar-refractivity contribution < 1.29 is 0 Å². The Kier molecular flexibility index (Phi) is 39.4. The minimum absolute atomic E-state index is 0. The molecule has 0 aliphatic carbocycles. The van der Waals surface area contributed by atoms with Crippen LogP contribution in [0.2, 0.25) is 0 Å².